The standard InChI is InChI=1S/C23H29NO4S/c1-23(2,3)15-8-11-17-18(13-15)29-21(20(17)22(26)28-5)24-19(25)12-14-6-9-16(27-4)10-7-14/h6-7,9-10,15H,8,11-13H2,1-5H3,(H,24,25)/t15-/m1/s1. The van der Waals surface area contributed by atoms with Crippen molar-refractivity contribution in [2.75, 3.05) is 19.5 Å². The lowest BCUT2D eigenvalue weighted by molar-refractivity contribution is -0.115. The van der Waals surface area contributed by atoms with Crippen LogP contribution >= 0.6 is 11.3 Å². The molecule has 0 bridgehead atoms. The Morgan fingerprint density at radius 2 is 1.86 bits per heavy atom. The van der Waals surface area contributed by atoms with E-state index in [9.17, 15) is 9.59 Å². The number of ether oxygens (including phenoxy) is 2. The smallest absolute Gasteiger partial charge is 0.341 e. The number of benzene rings is 1. The molecule has 0 unspecified atom stereocenters. The van der Waals surface area contributed by atoms with Crippen LogP contribution in [0.2, 0.25) is 0 Å². The third kappa shape index (κ3) is 4.81. The van der Waals surface area contributed by atoms with E-state index >= 15 is 0 Å². The molecule has 5 nitrogen and oxygen atoms in total. The van der Waals surface area contributed by atoms with Gasteiger partial charge in [-0.1, -0.05) is 32.9 Å². The summed E-state index contributed by atoms with van der Waals surface area (Å²) >= 11 is 1.52. The molecule has 6 heteroatoms. The Balaban J connectivity index is 1.81. The second-order valence-electron chi connectivity index (χ2n) is 8.58. The van der Waals surface area contributed by atoms with Crippen molar-refractivity contribution >= 4 is 28.2 Å². The highest BCUT2D eigenvalue weighted by Gasteiger charge is 2.34. The molecule has 156 valence electrons. The first-order valence-electron chi connectivity index (χ1n) is 9.88. The van der Waals surface area contributed by atoms with E-state index in [4.69, 9.17) is 9.47 Å². The molecule has 1 atom stereocenters. The molecule has 1 heterocycles. The Morgan fingerprint density at radius 3 is 2.45 bits per heavy atom. The number of fused-ring (bicyclic) bond motifs is 1. The number of carbonyl (C=O) groups is 2. The van der Waals surface area contributed by atoms with Crippen LogP contribution in [0.5, 0.6) is 5.75 Å². The Morgan fingerprint density at radius 1 is 1.17 bits per heavy atom. The minimum Gasteiger partial charge on any atom is -0.497 e. The van der Waals surface area contributed by atoms with E-state index in [0.717, 1.165) is 36.1 Å². The number of rotatable bonds is 5. The van der Waals surface area contributed by atoms with Gasteiger partial charge in [0.1, 0.15) is 10.8 Å². The van der Waals surface area contributed by atoms with E-state index in [1.807, 2.05) is 24.3 Å². The summed E-state index contributed by atoms with van der Waals surface area (Å²) < 4.78 is 10.2. The number of anilines is 1. The predicted molar refractivity (Wildman–Crippen MR) is 116 cm³/mol. The molecule has 1 aromatic heterocycles. The van der Waals surface area contributed by atoms with E-state index in [1.165, 1.54) is 23.3 Å². The van der Waals surface area contributed by atoms with Gasteiger partial charge in [-0.25, -0.2) is 4.79 Å². The summed E-state index contributed by atoms with van der Waals surface area (Å²) in [6, 6.07) is 7.40. The van der Waals surface area contributed by atoms with Crippen LogP contribution in [0.4, 0.5) is 5.00 Å². The lowest BCUT2D eigenvalue weighted by Gasteiger charge is -2.33. The zero-order valence-corrected chi connectivity index (χ0v) is 18.6. The molecule has 0 aliphatic heterocycles. The van der Waals surface area contributed by atoms with Gasteiger partial charge in [0.15, 0.2) is 0 Å². The number of thiophene rings is 1. The van der Waals surface area contributed by atoms with Crippen LogP contribution in [0, 0.1) is 11.3 Å². The molecule has 1 N–H and O–H groups in total. The van der Waals surface area contributed by atoms with Gasteiger partial charge in [-0.15, -0.1) is 11.3 Å². The molecule has 0 saturated carbocycles. The number of amides is 1. The zero-order valence-electron chi connectivity index (χ0n) is 17.8. The molecular formula is C23H29NO4S. The quantitative estimate of drug-likeness (QED) is 0.707. The third-order valence-corrected chi connectivity index (χ3v) is 6.83. The second-order valence-corrected chi connectivity index (χ2v) is 9.68. The van der Waals surface area contributed by atoms with Gasteiger partial charge in [0.2, 0.25) is 5.91 Å². The molecule has 0 saturated heterocycles. The number of methoxy groups -OCH3 is 2. The Hall–Kier alpha value is -2.34. The van der Waals surface area contributed by atoms with Gasteiger partial charge in [-0.2, -0.15) is 0 Å². The molecule has 2 aromatic rings. The van der Waals surface area contributed by atoms with E-state index in [2.05, 4.69) is 26.1 Å². The van der Waals surface area contributed by atoms with Crippen molar-refractivity contribution in [2.24, 2.45) is 11.3 Å². The Labute approximate surface area is 176 Å². The summed E-state index contributed by atoms with van der Waals surface area (Å²) in [5, 5.41) is 3.57. The van der Waals surface area contributed by atoms with Gasteiger partial charge in [0.05, 0.1) is 26.2 Å². The SMILES string of the molecule is COC(=O)c1c(NC(=O)Cc2ccc(OC)cc2)sc2c1CC[C@@H](C(C)(C)C)C2. The van der Waals surface area contributed by atoms with Crippen molar-refractivity contribution < 1.29 is 19.1 Å². The maximum atomic E-state index is 12.6. The molecular weight excluding hydrogens is 386 g/mol. The first kappa shape index (κ1) is 21.4. The molecule has 0 spiro atoms. The minimum absolute atomic E-state index is 0.147. The summed E-state index contributed by atoms with van der Waals surface area (Å²) in [6.07, 6.45) is 3.04. The highest BCUT2D eigenvalue weighted by Crippen LogP contribution is 2.44. The molecule has 0 fully saturated rings. The number of carbonyl (C=O) groups excluding carboxylic acids is 2. The minimum atomic E-state index is -0.378. The molecule has 1 amide bonds. The average molecular weight is 416 g/mol. The topological polar surface area (TPSA) is 64.6 Å². The van der Waals surface area contributed by atoms with Gasteiger partial charge in [0.25, 0.3) is 0 Å². The highest BCUT2D eigenvalue weighted by atomic mass is 32.1. The maximum absolute atomic E-state index is 12.6. The fourth-order valence-electron chi connectivity index (χ4n) is 3.83. The van der Waals surface area contributed by atoms with Crippen LogP contribution in [0.15, 0.2) is 24.3 Å². The van der Waals surface area contributed by atoms with Gasteiger partial charge < -0.3 is 14.8 Å². The fraction of sp³-hybridized carbons (Fsp3) is 0.478. The average Bonchev–Trinajstić information content (AvgIpc) is 3.04. The van der Waals surface area contributed by atoms with Crippen molar-refractivity contribution in [3.8, 4) is 5.75 Å². The molecule has 3 rings (SSSR count). The monoisotopic (exact) mass is 415 g/mol. The van der Waals surface area contributed by atoms with Crippen molar-refractivity contribution in [3.63, 3.8) is 0 Å². The van der Waals surface area contributed by atoms with Crippen LogP contribution in [-0.2, 0) is 28.8 Å². The summed E-state index contributed by atoms with van der Waals surface area (Å²) in [5.74, 6) is 0.784. The van der Waals surface area contributed by atoms with Crippen LogP contribution < -0.4 is 10.1 Å². The summed E-state index contributed by atoms with van der Waals surface area (Å²) in [5.41, 5.74) is 2.67. The number of esters is 1. The first-order chi connectivity index (χ1) is 13.7. The van der Waals surface area contributed by atoms with E-state index < -0.39 is 0 Å². The summed E-state index contributed by atoms with van der Waals surface area (Å²) in [7, 11) is 3.00. The number of hydrogen-bond donors (Lipinski definition) is 1. The van der Waals surface area contributed by atoms with Gasteiger partial charge in [-0.3, -0.25) is 4.79 Å². The zero-order chi connectivity index (χ0) is 21.2. The van der Waals surface area contributed by atoms with Crippen molar-refractivity contribution in [1.82, 2.24) is 0 Å². The van der Waals surface area contributed by atoms with Crippen LogP contribution in [0.1, 0.15) is 53.6 Å². The molecule has 29 heavy (non-hydrogen) atoms. The third-order valence-electron chi connectivity index (χ3n) is 5.66. The molecule has 1 aliphatic carbocycles. The number of nitrogens with one attached hydrogen (secondary N) is 1. The van der Waals surface area contributed by atoms with Gasteiger partial charge in [0, 0.05) is 4.88 Å². The fourth-order valence-corrected chi connectivity index (χ4v) is 5.16. The van der Waals surface area contributed by atoms with E-state index in [0.29, 0.717) is 16.5 Å². The lowest BCUT2D eigenvalue weighted by Crippen LogP contribution is -2.26. The van der Waals surface area contributed by atoms with E-state index in [1.54, 1.807) is 7.11 Å². The normalized spacial score (nSPS) is 16.1. The molecule has 1 aromatic carbocycles. The second kappa shape index (κ2) is 8.57. The lowest BCUT2D eigenvalue weighted by atomic mass is 9.72. The number of hydrogen-bond acceptors (Lipinski definition) is 5. The van der Waals surface area contributed by atoms with Gasteiger partial charge in [-0.05, 0) is 53.9 Å². The summed E-state index contributed by atoms with van der Waals surface area (Å²) in [6.45, 7) is 6.78. The Bertz CT molecular complexity index is 893. The van der Waals surface area contributed by atoms with Crippen LogP contribution in [0.25, 0.3) is 0 Å². The van der Waals surface area contributed by atoms with E-state index in [-0.39, 0.29) is 23.7 Å². The first-order valence-corrected chi connectivity index (χ1v) is 10.7. The molecule has 1 aliphatic rings. The highest BCUT2D eigenvalue weighted by molar-refractivity contribution is 7.17. The molecule has 0 radical (unpaired) electrons. The van der Waals surface area contributed by atoms with Crippen molar-refractivity contribution in [1.29, 1.82) is 0 Å². The Kier molecular flexibility index (Phi) is 6.32. The maximum Gasteiger partial charge on any atom is 0.341 e. The van der Waals surface area contributed by atoms with Crippen molar-refractivity contribution in [3.05, 3.63) is 45.8 Å². The van der Waals surface area contributed by atoms with Crippen LogP contribution in [0.3, 0.4) is 0 Å². The largest absolute Gasteiger partial charge is 0.497 e. The van der Waals surface area contributed by atoms with Gasteiger partial charge >= 0.3 is 5.97 Å². The predicted octanol–water partition coefficient (Wildman–Crippen LogP) is 4.88. The van der Waals surface area contributed by atoms with Crippen LogP contribution in [-0.4, -0.2) is 26.1 Å². The summed E-state index contributed by atoms with van der Waals surface area (Å²) in [4.78, 5) is 26.3. The van der Waals surface area contributed by atoms with Crippen molar-refractivity contribution in [2.45, 2.75) is 46.5 Å².